The van der Waals surface area contributed by atoms with Crippen molar-refractivity contribution >= 4 is 0 Å². The smallest absolute Gasteiger partial charge is 0.419 e. The van der Waals surface area contributed by atoms with Crippen LogP contribution in [0.15, 0.2) is 47.0 Å². The number of hydrogen-bond donors (Lipinski definition) is 2. The number of alkyl halides is 4. The van der Waals surface area contributed by atoms with E-state index >= 15 is 0 Å². The average molecular weight is 456 g/mol. The minimum atomic E-state index is -4.71. The Labute approximate surface area is 180 Å². The second-order valence-electron chi connectivity index (χ2n) is 6.72. The summed E-state index contributed by atoms with van der Waals surface area (Å²) >= 11 is 0. The van der Waals surface area contributed by atoms with Gasteiger partial charge in [-0.15, -0.1) is 0 Å². The van der Waals surface area contributed by atoms with Crippen molar-refractivity contribution in [2.24, 2.45) is 0 Å². The summed E-state index contributed by atoms with van der Waals surface area (Å²) in [6, 6.07) is 10.0. The van der Waals surface area contributed by atoms with E-state index in [9.17, 15) is 22.7 Å². The highest BCUT2D eigenvalue weighted by atomic mass is 19.4. The fourth-order valence-electron chi connectivity index (χ4n) is 2.73. The van der Waals surface area contributed by atoms with Gasteiger partial charge in [0, 0.05) is 11.1 Å². The second kappa shape index (κ2) is 10.5. The zero-order chi connectivity index (χ0) is 23.1. The van der Waals surface area contributed by atoms with Gasteiger partial charge in [-0.25, -0.2) is 4.39 Å². The maximum absolute atomic E-state index is 13.4. The molecule has 0 aliphatic carbocycles. The largest absolute Gasteiger partial charge is 0.490 e. The number of halogens is 4. The molecule has 11 heteroatoms. The lowest BCUT2D eigenvalue weighted by atomic mass is 10.1. The molecule has 172 valence electrons. The minimum absolute atomic E-state index is 0.00995. The quantitative estimate of drug-likeness (QED) is 0.450. The lowest BCUT2D eigenvalue weighted by molar-refractivity contribution is -0.138. The third kappa shape index (κ3) is 6.02. The van der Waals surface area contributed by atoms with Crippen LogP contribution in [0.5, 0.6) is 5.75 Å². The van der Waals surface area contributed by atoms with Crippen LogP contribution >= 0.6 is 0 Å². The van der Waals surface area contributed by atoms with Crippen LogP contribution in [0.4, 0.5) is 17.6 Å². The van der Waals surface area contributed by atoms with Crippen molar-refractivity contribution in [2.45, 2.75) is 18.9 Å². The van der Waals surface area contributed by atoms with Crippen LogP contribution in [0.25, 0.3) is 22.8 Å². The zero-order valence-corrected chi connectivity index (χ0v) is 16.7. The van der Waals surface area contributed by atoms with Gasteiger partial charge in [0.1, 0.15) is 25.1 Å². The number of aliphatic hydroxyl groups excluding tert-OH is 2. The first kappa shape index (κ1) is 23.6. The molecule has 0 fully saturated rings. The van der Waals surface area contributed by atoms with Gasteiger partial charge in [0.25, 0.3) is 5.89 Å². The molecule has 7 nitrogen and oxygen atoms in total. The summed E-state index contributed by atoms with van der Waals surface area (Å²) in [7, 11) is 0. The van der Waals surface area contributed by atoms with E-state index in [1.165, 1.54) is 6.07 Å². The Hall–Kier alpha value is -3.02. The third-order valence-corrected chi connectivity index (χ3v) is 4.29. The van der Waals surface area contributed by atoms with Gasteiger partial charge < -0.3 is 24.2 Å². The van der Waals surface area contributed by atoms with Crippen LogP contribution in [0.2, 0.25) is 0 Å². The van der Waals surface area contributed by atoms with Crippen molar-refractivity contribution < 1.29 is 41.8 Å². The topological polar surface area (TPSA) is 97.8 Å². The van der Waals surface area contributed by atoms with Crippen LogP contribution in [-0.4, -0.2) is 53.0 Å². The fourth-order valence-corrected chi connectivity index (χ4v) is 2.73. The number of ether oxygens (including phenoxy) is 2. The lowest BCUT2D eigenvalue weighted by Gasteiger charge is -2.13. The molecule has 0 saturated carbocycles. The summed E-state index contributed by atoms with van der Waals surface area (Å²) < 4.78 is 67.6. The number of nitrogens with zero attached hydrogens (tertiary/aromatic N) is 2. The molecule has 0 spiro atoms. The summed E-state index contributed by atoms with van der Waals surface area (Å²) in [6.45, 7) is -1.59. The Bertz CT molecular complexity index is 1010. The Morgan fingerprint density at radius 2 is 1.78 bits per heavy atom. The molecule has 32 heavy (non-hydrogen) atoms. The lowest BCUT2D eigenvalue weighted by Crippen LogP contribution is -2.19. The van der Waals surface area contributed by atoms with E-state index in [4.69, 9.17) is 19.1 Å². The molecule has 0 saturated heterocycles. The van der Waals surface area contributed by atoms with Crippen LogP contribution in [-0.2, 0) is 17.5 Å². The molecular formula is C21H20F4N2O5. The summed E-state index contributed by atoms with van der Waals surface area (Å²) in [5.41, 5.74) is 0.328. The number of benzene rings is 2. The van der Waals surface area contributed by atoms with Crippen molar-refractivity contribution in [3.8, 4) is 28.6 Å². The van der Waals surface area contributed by atoms with Gasteiger partial charge in [-0.2, -0.15) is 18.2 Å². The molecule has 0 amide bonds. The van der Waals surface area contributed by atoms with E-state index in [-0.39, 0.29) is 30.5 Å². The second-order valence-corrected chi connectivity index (χ2v) is 6.72. The van der Waals surface area contributed by atoms with Crippen molar-refractivity contribution in [1.29, 1.82) is 0 Å². The van der Waals surface area contributed by atoms with Crippen LogP contribution in [0.1, 0.15) is 11.1 Å². The summed E-state index contributed by atoms with van der Waals surface area (Å²) in [5.74, 6) is -0.426. The summed E-state index contributed by atoms with van der Waals surface area (Å²) in [6.07, 6.45) is -5.66. The zero-order valence-electron chi connectivity index (χ0n) is 16.7. The highest BCUT2D eigenvalue weighted by Gasteiger charge is 2.35. The van der Waals surface area contributed by atoms with E-state index < -0.39 is 43.5 Å². The highest BCUT2D eigenvalue weighted by molar-refractivity contribution is 5.62. The van der Waals surface area contributed by atoms with E-state index in [1.807, 2.05) is 0 Å². The molecular weight excluding hydrogens is 436 g/mol. The molecule has 0 aliphatic heterocycles. The van der Waals surface area contributed by atoms with Crippen LogP contribution in [0, 0.1) is 0 Å². The molecule has 1 unspecified atom stereocenters. The standard InChI is InChI=1S/C21H20F4N2O5/c22-7-8-31-18-6-5-15(9-17(18)21(23,24)25)20-26-19(27-32-20)14-3-1-13(2-4-14)11-30-12-16(29)10-28/h1-6,9,16,28-29H,7-8,10-12H2. The minimum Gasteiger partial charge on any atom is -0.490 e. The summed E-state index contributed by atoms with van der Waals surface area (Å²) in [5, 5.41) is 21.8. The van der Waals surface area contributed by atoms with E-state index in [1.54, 1.807) is 24.3 Å². The maximum Gasteiger partial charge on any atom is 0.419 e. The normalized spacial score (nSPS) is 12.7. The Morgan fingerprint density at radius 1 is 1.06 bits per heavy atom. The first-order chi connectivity index (χ1) is 15.3. The number of aliphatic hydroxyl groups is 2. The van der Waals surface area contributed by atoms with E-state index in [0.29, 0.717) is 5.56 Å². The Morgan fingerprint density at radius 3 is 2.44 bits per heavy atom. The molecule has 1 aromatic heterocycles. The molecule has 2 N–H and O–H groups in total. The number of hydrogen-bond acceptors (Lipinski definition) is 7. The van der Waals surface area contributed by atoms with Crippen LogP contribution < -0.4 is 4.74 Å². The molecule has 3 aromatic rings. The van der Waals surface area contributed by atoms with Gasteiger partial charge in [-0.3, -0.25) is 0 Å². The highest BCUT2D eigenvalue weighted by Crippen LogP contribution is 2.38. The monoisotopic (exact) mass is 456 g/mol. The SMILES string of the molecule is OCC(O)COCc1ccc(-c2noc(-c3ccc(OCCF)c(C(F)(F)F)c3)n2)cc1. The van der Waals surface area contributed by atoms with Crippen LogP contribution in [0.3, 0.4) is 0 Å². The first-order valence-corrected chi connectivity index (χ1v) is 9.52. The maximum atomic E-state index is 13.4. The Kier molecular flexibility index (Phi) is 7.78. The van der Waals surface area contributed by atoms with Crippen molar-refractivity contribution in [3.63, 3.8) is 0 Å². The van der Waals surface area contributed by atoms with Gasteiger partial charge in [0.05, 0.1) is 25.4 Å². The molecule has 3 rings (SSSR count). The molecule has 2 aromatic carbocycles. The van der Waals surface area contributed by atoms with Gasteiger partial charge in [-0.05, 0) is 23.8 Å². The van der Waals surface area contributed by atoms with Gasteiger partial charge in [0.15, 0.2) is 0 Å². The van der Waals surface area contributed by atoms with E-state index in [0.717, 1.165) is 17.7 Å². The molecule has 0 aliphatic rings. The average Bonchev–Trinajstić information content (AvgIpc) is 3.27. The molecule has 1 heterocycles. The fraction of sp³-hybridized carbons (Fsp3) is 0.333. The molecule has 1 atom stereocenters. The predicted molar refractivity (Wildman–Crippen MR) is 104 cm³/mol. The van der Waals surface area contributed by atoms with Gasteiger partial charge in [-0.1, -0.05) is 29.4 Å². The molecule has 0 radical (unpaired) electrons. The number of aromatic nitrogens is 2. The van der Waals surface area contributed by atoms with Crippen molar-refractivity contribution in [1.82, 2.24) is 10.1 Å². The first-order valence-electron chi connectivity index (χ1n) is 9.52. The van der Waals surface area contributed by atoms with Crippen molar-refractivity contribution in [2.75, 3.05) is 26.5 Å². The third-order valence-electron chi connectivity index (χ3n) is 4.29. The number of rotatable bonds is 10. The molecule has 0 bridgehead atoms. The van der Waals surface area contributed by atoms with Gasteiger partial charge in [0.2, 0.25) is 5.82 Å². The van der Waals surface area contributed by atoms with Crippen molar-refractivity contribution in [3.05, 3.63) is 53.6 Å². The Balaban J connectivity index is 1.75. The predicted octanol–water partition coefficient (Wildman–Crippen LogP) is 3.64. The summed E-state index contributed by atoms with van der Waals surface area (Å²) in [4.78, 5) is 4.15. The van der Waals surface area contributed by atoms with Gasteiger partial charge >= 0.3 is 6.18 Å². The van der Waals surface area contributed by atoms with E-state index in [2.05, 4.69) is 10.1 Å².